The molecular weight excluding hydrogens is 416 g/mol. The van der Waals surface area contributed by atoms with Crippen LogP contribution in [0.2, 0.25) is 0 Å². The molecule has 0 aliphatic rings. The quantitative estimate of drug-likeness (QED) is 0.483. The van der Waals surface area contributed by atoms with Crippen LogP contribution < -0.4 is 10.1 Å². The highest BCUT2D eigenvalue weighted by Crippen LogP contribution is 2.41. The Hall–Kier alpha value is -3.13. The first-order chi connectivity index (χ1) is 14.7. The number of esters is 1. The summed E-state index contributed by atoms with van der Waals surface area (Å²) in [7, 11) is 0. The van der Waals surface area contributed by atoms with Gasteiger partial charge in [0.2, 0.25) is 0 Å². The van der Waals surface area contributed by atoms with Crippen molar-refractivity contribution in [2.24, 2.45) is 0 Å². The van der Waals surface area contributed by atoms with E-state index in [9.17, 15) is 9.59 Å². The van der Waals surface area contributed by atoms with Crippen LogP contribution in [0.1, 0.15) is 57.8 Å². The van der Waals surface area contributed by atoms with E-state index in [1.165, 1.54) is 11.3 Å². The van der Waals surface area contributed by atoms with E-state index in [4.69, 9.17) is 14.0 Å². The number of carbonyl (C=O) groups is 2. The van der Waals surface area contributed by atoms with Crippen LogP contribution in [-0.4, -0.2) is 29.7 Å². The van der Waals surface area contributed by atoms with E-state index in [-0.39, 0.29) is 12.0 Å². The lowest BCUT2D eigenvalue weighted by Crippen LogP contribution is -2.17. The van der Waals surface area contributed by atoms with Gasteiger partial charge in [-0.3, -0.25) is 4.79 Å². The second kappa shape index (κ2) is 9.34. The molecule has 3 aromatic rings. The van der Waals surface area contributed by atoms with Gasteiger partial charge in [-0.25, -0.2) is 4.79 Å². The molecule has 7 nitrogen and oxygen atoms in total. The molecule has 0 spiro atoms. The fraction of sp³-hybridized carbons (Fsp3) is 0.348. The molecule has 2 aromatic heterocycles. The van der Waals surface area contributed by atoms with E-state index in [0.29, 0.717) is 34.2 Å². The normalized spacial score (nSPS) is 10.9. The maximum Gasteiger partial charge on any atom is 0.342 e. The smallest absolute Gasteiger partial charge is 0.342 e. The first kappa shape index (κ1) is 22.6. The lowest BCUT2D eigenvalue weighted by Gasteiger charge is -2.12. The Balaban J connectivity index is 2.06. The van der Waals surface area contributed by atoms with Crippen molar-refractivity contribution < 1.29 is 23.6 Å². The van der Waals surface area contributed by atoms with E-state index in [1.54, 1.807) is 27.7 Å². The predicted molar refractivity (Wildman–Crippen MR) is 120 cm³/mol. The molecule has 2 heterocycles. The van der Waals surface area contributed by atoms with Crippen molar-refractivity contribution in [2.75, 3.05) is 11.9 Å². The molecule has 0 atom stereocenters. The van der Waals surface area contributed by atoms with Crippen LogP contribution in [0.4, 0.5) is 5.00 Å². The van der Waals surface area contributed by atoms with Crippen molar-refractivity contribution in [2.45, 2.75) is 47.6 Å². The fourth-order valence-electron chi connectivity index (χ4n) is 3.31. The molecule has 0 unspecified atom stereocenters. The Kier molecular flexibility index (Phi) is 6.80. The zero-order chi connectivity index (χ0) is 22.7. The molecule has 0 radical (unpaired) electrons. The first-order valence-corrected chi connectivity index (χ1v) is 10.9. The molecule has 1 amide bonds. The summed E-state index contributed by atoms with van der Waals surface area (Å²) in [5.41, 5.74) is 2.75. The molecule has 0 saturated carbocycles. The topological polar surface area (TPSA) is 90.7 Å². The molecule has 0 saturated heterocycles. The Morgan fingerprint density at radius 1 is 1.13 bits per heavy atom. The Labute approximate surface area is 185 Å². The van der Waals surface area contributed by atoms with Gasteiger partial charge in [0.25, 0.3) is 5.91 Å². The Morgan fingerprint density at radius 2 is 1.81 bits per heavy atom. The lowest BCUT2D eigenvalue weighted by atomic mass is 10.0. The first-order valence-electron chi connectivity index (χ1n) is 10.0. The number of aromatic nitrogens is 1. The molecule has 0 aliphatic heterocycles. The number of nitrogens with one attached hydrogen (secondary N) is 1. The molecule has 3 rings (SSSR count). The van der Waals surface area contributed by atoms with Crippen molar-refractivity contribution in [3.63, 3.8) is 0 Å². The van der Waals surface area contributed by atoms with Crippen molar-refractivity contribution in [3.05, 3.63) is 51.7 Å². The van der Waals surface area contributed by atoms with Crippen molar-refractivity contribution >= 4 is 28.2 Å². The van der Waals surface area contributed by atoms with Gasteiger partial charge in [-0.15, -0.1) is 11.3 Å². The molecule has 0 fully saturated rings. The van der Waals surface area contributed by atoms with Gasteiger partial charge in [-0.05, 0) is 59.2 Å². The summed E-state index contributed by atoms with van der Waals surface area (Å²) in [6.07, 6.45) is -0.299. The van der Waals surface area contributed by atoms with Crippen molar-refractivity contribution in [3.8, 4) is 16.9 Å². The van der Waals surface area contributed by atoms with Crippen LogP contribution in [0.25, 0.3) is 11.1 Å². The van der Waals surface area contributed by atoms with Crippen LogP contribution in [-0.2, 0) is 4.74 Å². The third kappa shape index (κ3) is 4.80. The number of ether oxygens (including phenoxy) is 2. The minimum absolute atomic E-state index is 0.299. The van der Waals surface area contributed by atoms with Gasteiger partial charge >= 0.3 is 5.97 Å². The van der Waals surface area contributed by atoms with Crippen LogP contribution in [0.3, 0.4) is 0 Å². The number of aryl methyl sites for hydroxylation is 3. The summed E-state index contributed by atoms with van der Waals surface area (Å²) in [6, 6.07) is 7.50. The highest BCUT2D eigenvalue weighted by molar-refractivity contribution is 7.17. The SMILES string of the molecule is CCOc1ccc(-c2c(C)sc(NC(=O)c3c(C)noc3C)c2C(=O)OC(C)C)cc1. The minimum atomic E-state index is -0.489. The van der Waals surface area contributed by atoms with Crippen molar-refractivity contribution in [1.82, 2.24) is 5.16 Å². The molecule has 31 heavy (non-hydrogen) atoms. The third-order valence-electron chi connectivity index (χ3n) is 4.57. The number of rotatable bonds is 7. The average molecular weight is 443 g/mol. The van der Waals surface area contributed by atoms with Crippen LogP contribution >= 0.6 is 11.3 Å². The Bertz CT molecular complexity index is 1080. The summed E-state index contributed by atoms with van der Waals surface area (Å²) < 4.78 is 16.1. The zero-order valence-electron chi connectivity index (χ0n) is 18.5. The highest BCUT2D eigenvalue weighted by Gasteiger charge is 2.28. The molecule has 1 aromatic carbocycles. The number of benzene rings is 1. The Morgan fingerprint density at radius 3 is 2.35 bits per heavy atom. The fourth-order valence-corrected chi connectivity index (χ4v) is 4.36. The largest absolute Gasteiger partial charge is 0.494 e. The summed E-state index contributed by atoms with van der Waals surface area (Å²) in [5, 5.41) is 7.13. The van der Waals surface area contributed by atoms with E-state index in [0.717, 1.165) is 21.8 Å². The van der Waals surface area contributed by atoms with Crippen molar-refractivity contribution in [1.29, 1.82) is 0 Å². The van der Waals surface area contributed by atoms with Gasteiger partial charge in [0.05, 0.1) is 18.4 Å². The molecular formula is C23H26N2O5S. The maximum absolute atomic E-state index is 13.0. The third-order valence-corrected chi connectivity index (χ3v) is 5.59. The summed E-state index contributed by atoms with van der Waals surface area (Å²) in [4.78, 5) is 26.8. The number of carbonyl (C=O) groups excluding carboxylic acids is 2. The second-order valence-electron chi connectivity index (χ2n) is 7.30. The van der Waals surface area contributed by atoms with Crippen LogP contribution in [0.5, 0.6) is 5.75 Å². The van der Waals surface area contributed by atoms with Gasteiger partial charge in [-0.2, -0.15) is 0 Å². The molecule has 8 heteroatoms. The van der Waals surface area contributed by atoms with E-state index in [1.807, 2.05) is 38.1 Å². The van der Waals surface area contributed by atoms with Gasteiger partial charge in [-0.1, -0.05) is 17.3 Å². The second-order valence-corrected chi connectivity index (χ2v) is 8.53. The summed E-state index contributed by atoms with van der Waals surface area (Å²) >= 11 is 1.33. The van der Waals surface area contributed by atoms with Gasteiger partial charge in [0, 0.05) is 10.4 Å². The predicted octanol–water partition coefficient (Wildman–Crippen LogP) is 5.54. The number of hydrogen-bond donors (Lipinski definition) is 1. The molecule has 0 bridgehead atoms. The highest BCUT2D eigenvalue weighted by atomic mass is 32.1. The number of amides is 1. The van der Waals surface area contributed by atoms with Gasteiger partial charge in [0.15, 0.2) is 0 Å². The number of thiophene rings is 1. The van der Waals surface area contributed by atoms with Gasteiger partial charge < -0.3 is 19.3 Å². The van der Waals surface area contributed by atoms with E-state index >= 15 is 0 Å². The molecule has 1 N–H and O–H groups in total. The lowest BCUT2D eigenvalue weighted by molar-refractivity contribution is 0.0380. The van der Waals surface area contributed by atoms with Crippen LogP contribution in [0, 0.1) is 20.8 Å². The summed E-state index contributed by atoms with van der Waals surface area (Å²) in [6.45, 7) is 11.4. The summed E-state index contributed by atoms with van der Waals surface area (Å²) in [5.74, 6) is 0.297. The number of hydrogen-bond acceptors (Lipinski definition) is 7. The molecule has 164 valence electrons. The molecule has 0 aliphatic carbocycles. The van der Waals surface area contributed by atoms with E-state index < -0.39 is 5.97 Å². The number of nitrogens with zero attached hydrogens (tertiary/aromatic N) is 1. The standard InChI is InChI=1S/C23H26N2O5S/c1-7-28-17-10-8-16(9-11-17)19-15(6)31-22(20(19)23(27)29-12(2)3)24-21(26)18-13(4)25-30-14(18)5/h8-12H,7H2,1-6H3,(H,24,26). The maximum atomic E-state index is 13.0. The average Bonchev–Trinajstić information content (AvgIpc) is 3.20. The van der Waals surface area contributed by atoms with Crippen LogP contribution in [0.15, 0.2) is 28.8 Å². The zero-order valence-corrected chi connectivity index (χ0v) is 19.3. The monoisotopic (exact) mass is 442 g/mol. The number of anilines is 1. The minimum Gasteiger partial charge on any atom is -0.494 e. The van der Waals surface area contributed by atoms with E-state index in [2.05, 4.69) is 10.5 Å². The van der Waals surface area contributed by atoms with Gasteiger partial charge in [0.1, 0.15) is 27.6 Å².